The van der Waals surface area contributed by atoms with Crippen molar-refractivity contribution in [3.8, 4) is 0 Å². The number of hydrogen-bond donors (Lipinski definition) is 0. The zero-order valence-electron chi connectivity index (χ0n) is 7.21. The van der Waals surface area contributed by atoms with Crippen molar-refractivity contribution in [3.05, 3.63) is 0 Å². The third-order valence-corrected chi connectivity index (χ3v) is 3.05. The van der Waals surface area contributed by atoms with E-state index in [4.69, 9.17) is 0 Å². The summed E-state index contributed by atoms with van der Waals surface area (Å²) in [6.45, 7) is 0. The first-order valence-electron chi connectivity index (χ1n) is 4.77. The van der Waals surface area contributed by atoms with Crippen LogP contribution in [0.25, 0.3) is 0 Å². The fraction of sp³-hybridized carbons (Fsp3) is 0.800. The fourth-order valence-corrected chi connectivity index (χ4v) is 2.48. The lowest BCUT2D eigenvalue weighted by Crippen LogP contribution is -2.16. The molecule has 2 heteroatoms. The monoisotopic (exact) mass is 166 g/mol. The quantitative estimate of drug-likeness (QED) is 0.549. The molecule has 2 aliphatic carbocycles. The van der Waals surface area contributed by atoms with Crippen LogP contribution in [0.15, 0.2) is 0 Å². The predicted molar refractivity (Wildman–Crippen MR) is 44.7 cm³/mol. The third-order valence-electron chi connectivity index (χ3n) is 3.05. The van der Waals surface area contributed by atoms with Gasteiger partial charge in [0, 0.05) is 25.7 Å². The van der Waals surface area contributed by atoms with Crippen LogP contribution >= 0.6 is 0 Å². The number of hydrogen-bond acceptors (Lipinski definition) is 2. The van der Waals surface area contributed by atoms with Crippen LogP contribution < -0.4 is 0 Å². The highest BCUT2D eigenvalue weighted by Crippen LogP contribution is 2.33. The molecule has 0 amide bonds. The van der Waals surface area contributed by atoms with Gasteiger partial charge in [-0.1, -0.05) is 0 Å². The van der Waals surface area contributed by atoms with Crippen LogP contribution in [0.2, 0.25) is 0 Å². The Hall–Kier alpha value is -0.660. The highest BCUT2D eigenvalue weighted by Gasteiger charge is 2.30. The first-order chi connectivity index (χ1) is 5.74. The van der Waals surface area contributed by atoms with E-state index >= 15 is 0 Å². The van der Waals surface area contributed by atoms with Crippen molar-refractivity contribution in [2.24, 2.45) is 11.8 Å². The zero-order valence-corrected chi connectivity index (χ0v) is 7.21. The lowest BCUT2D eigenvalue weighted by Gasteiger charge is -2.12. The molecular weight excluding hydrogens is 152 g/mol. The molecule has 0 heterocycles. The molecule has 0 aromatic carbocycles. The molecule has 0 aromatic heterocycles. The molecule has 0 aromatic rings. The van der Waals surface area contributed by atoms with Gasteiger partial charge >= 0.3 is 0 Å². The highest BCUT2D eigenvalue weighted by atomic mass is 16.1. The van der Waals surface area contributed by atoms with E-state index < -0.39 is 0 Å². The van der Waals surface area contributed by atoms with Crippen molar-refractivity contribution >= 4 is 11.6 Å². The molecule has 2 saturated carbocycles. The summed E-state index contributed by atoms with van der Waals surface area (Å²) in [4.78, 5) is 22.6. The van der Waals surface area contributed by atoms with Gasteiger partial charge < -0.3 is 0 Å². The van der Waals surface area contributed by atoms with E-state index in [1.54, 1.807) is 0 Å². The summed E-state index contributed by atoms with van der Waals surface area (Å²) in [6.07, 6.45) is 4.87. The van der Waals surface area contributed by atoms with Crippen LogP contribution in [0.5, 0.6) is 0 Å². The normalized spacial score (nSPS) is 36.3. The lowest BCUT2D eigenvalue weighted by atomic mass is 9.90. The number of carbonyl (C=O) groups is 2. The smallest absolute Gasteiger partial charge is 0.133 e. The number of rotatable bonds is 0. The molecule has 0 aliphatic heterocycles. The van der Waals surface area contributed by atoms with E-state index in [2.05, 4.69) is 0 Å². The number of Topliss-reactive ketones (excluding diaryl/α,β-unsaturated/α-hetero) is 2. The number of carbonyl (C=O) groups excluding carboxylic acids is 2. The van der Waals surface area contributed by atoms with Crippen molar-refractivity contribution in [3.63, 3.8) is 0 Å². The van der Waals surface area contributed by atoms with Crippen LogP contribution in [0.4, 0.5) is 0 Å². The summed E-state index contributed by atoms with van der Waals surface area (Å²) < 4.78 is 0. The number of ketones is 2. The van der Waals surface area contributed by atoms with Gasteiger partial charge in [-0.25, -0.2) is 0 Å². The minimum atomic E-state index is 0.384. The molecule has 0 saturated heterocycles. The van der Waals surface area contributed by atoms with Gasteiger partial charge in [0.05, 0.1) is 0 Å². The Morgan fingerprint density at radius 2 is 1.08 bits per heavy atom. The summed E-state index contributed by atoms with van der Waals surface area (Å²) >= 11 is 0. The molecule has 2 fully saturated rings. The zero-order chi connectivity index (χ0) is 8.55. The van der Waals surface area contributed by atoms with E-state index in [0.717, 1.165) is 12.8 Å². The van der Waals surface area contributed by atoms with Crippen LogP contribution in [-0.2, 0) is 9.59 Å². The Morgan fingerprint density at radius 1 is 0.750 bits per heavy atom. The first kappa shape index (κ1) is 7.96. The molecule has 2 rings (SSSR count). The molecule has 0 spiro atoms. The SMILES string of the molecule is O=C1CC2CCC(C1)CC(=O)C2. The van der Waals surface area contributed by atoms with Gasteiger partial charge in [0.15, 0.2) is 0 Å². The molecule has 2 bridgehead atoms. The Morgan fingerprint density at radius 3 is 1.42 bits per heavy atom. The molecule has 0 atom stereocenters. The second-order valence-electron chi connectivity index (χ2n) is 4.20. The van der Waals surface area contributed by atoms with Gasteiger partial charge in [-0.15, -0.1) is 0 Å². The minimum absolute atomic E-state index is 0.384. The minimum Gasteiger partial charge on any atom is -0.300 e. The molecular formula is C10H14O2. The molecule has 2 nitrogen and oxygen atoms in total. The average molecular weight is 166 g/mol. The molecule has 0 unspecified atom stereocenters. The standard InChI is InChI=1S/C10H14O2/c11-9-3-7-1-2-8(5-9)6-10(12)4-7/h7-8H,1-6H2. The van der Waals surface area contributed by atoms with Gasteiger partial charge in [-0.3, -0.25) is 9.59 Å². The molecule has 0 radical (unpaired) electrons. The predicted octanol–water partition coefficient (Wildman–Crippen LogP) is 1.72. The molecule has 2 aliphatic rings. The Balaban J connectivity index is 2.17. The van der Waals surface area contributed by atoms with Crippen molar-refractivity contribution in [2.45, 2.75) is 38.5 Å². The maximum atomic E-state index is 11.3. The van der Waals surface area contributed by atoms with Crippen LogP contribution in [0.3, 0.4) is 0 Å². The summed E-state index contributed by atoms with van der Waals surface area (Å²) in [5.74, 6) is 1.54. The first-order valence-corrected chi connectivity index (χ1v) is 4.77. The Kier molecular flexibility index (Phi) is 1.99. The Labute approximate surface area is 72.3 Å². The van der Waals surface area contributed by atoms with Gasteiger partial charge in [-0.2, -0.15) is 0 Å². The van der Waals surface area contributed by atoms with Crippen molar-refractivity contribution < 1.29 is 9.59 Å². The van der Waals surface area contributed by atoms with E-state index in [1.165, 1.54) is 0 Å². The summed E-state index contributed by atoms with van der Waals surface area (Å²) in [7, 11) is 0. The van der Waals surface area contributed by atoms with Crippen molar-refractivity contribution in [1.29, 1.82) is 0 Å². The maximum Gasteiger partial charge on any atom is 0.133 e. The van der Waals surface area contributed by atoms with Gasteiger partial charge in [0.25, 0.3) is 0 Å². The van der Waals surface area contributed by atoms with Crippen LogP contribution in [0, 0.1) is 11.8 Å². The largest absolute Gasteiger partial charge is 0.300 e. The molecule has 12 heavy (non-hydrogen) atoms. The topological polar surface area (TPSA) is 34.1 Å². The third kappa shape index (κ3) is 1.57. The van der Waals surface area contributed by atoms with Gasteiger partial charge in [-0.05, 0) is 24.7 Å². The van der Waals surface area contributed by atoms with E-state index in [0.29, 0.717) is 49.1 Å². The summed E-state index contributed by atoms with van der Waals surface area (Å²) in [6, 6.07) is 0. The lowest BCUT2D eigenvalue weighted by molar-refractivity contribution is -0.124. The van der Waals surface area contributed by atoms with Crippen molar-refractivity contribution in [2.75, 3.05) is 0 Å². The van der Waals surface area contributed by atoms with Gasteiger partial charge in [0.1, 0.15) is 11.6 Å². The molecule has 0 N–H and O–H groups in total. The maximum absolute atomic E-state index is 11.3. The summed E-state index contributed by atoms with van der Waals surface area (Å²) in [5.41, 5.74) is 0. The second kappa shape index (κ2) is 3.00. The summed E-state index contributed by atoms with van der Waals surface area (Å²) in [5, 5.41) is 0. The van der Waals surface area contributed by atoms with Gasteiger partial charge in [0.2, 0.25) is 0 Å². The van der Waals surface area contributed by atoms with E-state index in [-0.39, 0.29) is 0 Å². The van der Waals surface area contributed by atoms with Crippen LogP contribution in [0.1, 0.15) is 38.5 Å². The average Bonchev–Trinajstić information content (AvgIpc) is 2.18. The Bertz CT molecular complexity index is 180. The second-order valence-corrected chi connectivity index (χ2v) is 4.20. The van der Waals surface area contributed by atoms with E-state index in [9.17, 15) is 9.59 Å². The van der Waals surface area contributed by atoms with Crippen LogP contribution in [-0.4, -0.2) is 11.6 Å². The van der Waals surface area contributed by atoms with Crippen molar-refractivity contribution in [1.82, 2.24) is 0 Å². The van der Waals surface area contributed by atoms with E-state index in [1.807, 2.05) is 0 Å². The molecule has 66 valence electrons. The number of fused-ring (bicyclic) bond motifs is 3. The fourth-order valence-electron chi connectivity index (χ4n) is 2.48. The highest BCUT2D eigenvalue weighted by molar-refractivity contribution is 5.85.